The molecule has 0 bridgehead atoms. The fourth-order valence-corrected chi connectivity index (χ4v) is 2.87. The minimum Gasteiger partial charge on any atom is -0.504 e. The van der Waals surface area contributed by atoms with Gasteiger partial charge in [-0.1, -0.05) is 18.2 Å². The lowest BCUT2D eigenvalue weighted by atomic mass is 10.1. The number of phenols is 6. The molecule has 4 rings (SSSR count). The average Bonchev–Trinajstić information content (AvgIpc) is 2.73. The number of para-hydroxylation sites is 3. The lowest BCUT2D eigenvalue weighted by Crippen LogP contribution is -2.01. The number of nitrogens with zero attached hydrogens (tertiary/aromatic N) is 3. The highest BCUT2D eigenvalue weighted by Gasteiger charge is 2.20. The number of benzene rings is 3. The molecule has 0 aliphatic heterocycles. The fourth-order valence-electron chi connectivity index (χ4n) is 2.87. The van der Waals surface area contributed by atoms with Crippen LogP contribution in [-0.2, 0) is 0 Å². The van der Waals surface area contributed by atoms with Crippen molar-refractivity contribution in [2.75, 3.05) is 0 Å². The number of aromatic hydroxyl groups is 6. The maximum atomic E-state index is 10.2. The average molecular weight is 405 g/mol. The van der Waals surface area contributed by atoms with Crippen molar-refractivity contribution >= 4 is 0 Å². The largest absolute Gasteiger partial charge is 0.504 e. The van der Waals surface area contributed by atoms with Gasteiger partial charge in [-0.05, 0) is 36.4 Å². The molecule has 3 aromatic carbocycles. The highest BCUT2D eigenvalue weighted by atomic mass is 16.3. The monoisotopic (exact) mass is 405 g/mol. The van der Waals surface area contributed by atoms with E-state index >= 15 is 0 Å². The van der Waals surface area contributed by atoms with Crippen LogP contribution in [0.2, 0.25) is 0 Å². The van der Waals surface area contributed by atoms with Crippen molar-refractivity contribution in [3.05, 3.63) is 54.6 Å². The van der Waals surface area contributed by atoms with Crippen molar-refractivity contribution in [2.24, 2.45) is 0 Å². The highest BCUT2D eigenvalue weighted by Crippen LogP contribution is 2.40. The van der Waals surface area contributed by atoms with Crippen LogP contribution in [0.15, 0.2) is 54.6 Å². The van der Waals surface area contributed by atoms with Crippen LogP contribution in [0.3, 0.4) is 0 Å². The lowest BCUT2D eigenvalue weighted by molar-refractivity contribution is 0.404. The first kappa shape index (κ1) is 18.8. The number of aromatic nitrogens is 3. The van der Waals surface area contributed by atoms with Gasteiger partial charge in [-0.25, -0.2) is 15.0 Å². The zero-order valence-electron chi connectivity index (χ0n) is 15.2. The minimum absolute atomic E-state index is 0.0687. The van der Waals surface area contributed by atoms with Crippen molar-refractivity contribution in [1.82, 2.24) is 15.0 Å². The molecule has 0 saturated carbocycles. The Labute approximate surface area is 169 Å². The first-order valence-corrected chi connectivity index (χ1v) is 8.67. The van der Waals surface area contributed by atoms with E-state index in [0.29, 0.717) is 0 Å². The first-order chi connectivity index (χ1) is 14.4. The topological polar surface area (TPSA) is 160 Å². The molecule has 0 fully saturated rings. The van der Waals surface area contributed by atoms with Crippen LogP contribution in [-0.4, -0.2) is 45.6 Å². The predicted molar refractivity (Wildman–Crippen MR) is 106 cm³/mol. The van der Waals surface area contributed by atoms with Crippen LogP contribution in [0.1, 0.15) is 0 Å². The van der Waals surface area contributed by atoms with E-state index in [0.717, 1.165) is 0 Å². The first-order valence-electron chi connectivity index (χ1n) is 8.67. The summed E-state index contributed by atoms with van der Waals surface area (Å²) in [5, 5.41) is 60.2. The highest BCUT2D eigenvalue weighted by molar-refractivity contribution is 5.76. The molecule has 150 valence electrons. The lowest BCUT2D eigenvalue weighted by Gasteiger charge is -2.12. The molecule has 9 nitrogen and oxygen atoms in total. The molecule has 30 heavy (non-hydrogen) atoms. The van der Waals surface area contributed by atoms with E-state index in [9.17, 15) is 30.6 Å². The zero-order valence-corrected chi connectivity index (χ0v) is 15.2. The van der Waals surface area contributed by atoms with Gasteiger partial charge in [-0.3, -0.25) is 0 Å². The molecule has 6 N–H and O–H groups in total. The standard InChI is InChI=1S/C21H15N3O6/c25-13-7-1-4-10(16(13)28)19-22-20(11-5-2-8-14(26)17(11)29)24-21(23-19)12-6-3-9-15(27)18(12)30/h1-9,25-30H. The second kappa shape index (κ2) is 7.13. The number of phenolic OH excluding ortho intramolecular Hbond substituents is 6. The van der Waals surface area contributed by atoms with Gasteiger partial charge in [0, 0.05) is 0 Å². The van der Waals surface area contributed by atoms with Gasteiger partial charge in [0.25, 0.3) is 0 Å². The summed E-state index contributed by atoms with van der Waals surface area (Å²) in [5.74, 6) is -2.82. The number of hydrogen-bond acceptors (Lipinski definition) is 9. The summed E-state index contributed by atoms with van der Waals surface area (Å²) < 4.78 is 0. The van der Waals surface area contributed by atoms with Gasteiger partial charge >= 0.3 is 0 Å². The second-order valence-electron chi connectivity index (χ2n) is 6.33. The van der Waals surface area contributed by atoms with Crippen LogP contribution in [0.4, 0.5) is 0 Å². The summed E-state index contributed by atoms with van der Waals surface area (Å²) in [4.78, 5) is 12.7. The zero-order chi connectivity index (χ0) is 21.4. The van der Waals surface area contributed by atoms with Crippen molar-refractivity contribution in [3.63, 3.8) is 0 Å². The van der Waals surface area contributed by atoms with Gasteiger partial charge in [0.1, 0.15) is 0 Å². The molecule has 1 aromatic heterocycles. The van der Waals surface area contributed by atoms with Gasteiger partial charge in [-0.15, -0.1) is 0 Å². The van der Waals surface area contributed by atoms with E-state index in [2.05, 4.69) is 15.0 Å². The minimum atomic E-state index is -0.471. The predicted octanol–water partition coefficient (Wildman–Crippen LogP) is 3.11. The molecule has 1 heterocycles. The molecule has 0 spiro atoms. The van der Waals surface area contributed by atoms with Gasteiger partial charge in [-0.2, -0.15) is 0 Å². The number of hydrogen-bond donors (Lipinski definition) is 6. The molecule has 0 aliphatic carbocycles. The number of rotatable bonds is 3. The van der Waals surface area contributed by atoms with Gasteiger partial charge in [0.05, 0.1) is 16.7 Å². The van der Waals surface area contributed by atoms with Crippen LogP contribution >= 0.6 is 0 Å². The molecule has 0 atom stereocenters. The summed E-state index contributed by atoms with van der Waals surface area (Å²) in [6.45, 7) is 0. The van der Waals surface area contributed by atoms with E-state index < -0.39 is 34.5 Å². The van der Waals surface area contributed by atoms with E-state index in [1.807, 2.05) is 0 Å². The summed E-state index contributed by atoms with van der Waals surface area (Å²) >= 11 is 0. The molecule has 0 radical (unpaired) electrons. The quantitative estimate of drug-likeness (QED) is 0.281. The summed E-state index contributed by atoms with van der Waals surface area (Å²) in [5.41, 5.74) is 0.206. The van der Waals surface area contributed by atoms with E-state index in [1.165, 1.54) is 54.6 Å². The van der Waals surface area contributed by atoms with Crippen molar-refractivity contribution in [2.45, 2.75) is 0 Å². The Morgan fingerprint density at radius 3 is 0.933 bits per heavy atom. The maximum Gasteiger partial charge on any atom is 0.168 e. The van der Waals surface area contributed by atoms with Gasteiger partial charge < -0.3 is 30.6 Å². The Morgan fingerprint density at radius 2 is 0.667 bits per heavy atom. The van der Waals surface area contributed by atoms with E-state index in [4.69, 9.17) is 0 Å². The van der Waals surface area contributed by atoms with Gasteiger partial charge in [0.15, 0.2) is 52.0 Å². The van der Waals surface area contributed by atoms with Gasteiger partial charge in [0.2, 0.25) is 0 Å². The molecule has 4 aromatic rings. The molecule has 0 unspecified atom stereocenters. The summed E-state index contributed by atoms with van der Waals surface area (Å²) in [7, 11) is 0. The second-order valence-corrected chi connectivity index (χ2v) is 6.33. The Morgan fingerprint density at radius 1 is 0.400 bits per heavy atom. The molecular weight excluding hydrogens is 390 g/mol. The fraction of sp³-hybridized carbons (Fsp3) is 0. The molecule has 0 amide bonds. The third-order valence-electron chi connectivity index (χ3n) is 4.40. The van der Waals surface area contributed by atoms with Crippen LogP contribution in [0.5, 0.6) is 34.5 Å². The third-order valence-corrected chi connectivity index (χ3v) is 4.40. The Bertz CT molecular complexity index is 1110. The van der Waals surface area contributed by atoms with E-state index in [-0.39, 0.29) is 34.2 Å². The Balaban J connectivity index is 2.03. The molecule has 0 aliphatic rings. The Hall–Kier alpha value is -4.53. The van der Waals surface area contributed by atoms with E-state index in [1.54, 1.807) is 0 Å². The van der Waals surface area contributed by atoms with Crippen LogP contribution < -0.4 is 0 Å². The normalized spacial score (nSPS) is 10.8. The van der Waals surface area contributed by atoms with Crippen LogP contribution in [0.25, 0.3) is 34.2 Å². The van der Waals surface area contributed by atoms with Crippen molar-refractivity contribution in [1.29, 1.82) is 0 Å². The van der Waals surface area contributed by atoms with Crippen molar-refractivity contribution < 1.29 is 30.6 Å². The third kappa shape index (κ3) is 3.14. The molecular formula is C21H15N3O6. The maximum absolute atomic E-state index is 10.2. The smallest absolute Gasteiger partial charge is 0.168 e. The SMILES string of the molecule is Oc1cccc(-c2nc(-c3cccc(O)c3O)nc(-c3cccc(O)c3O)n2)c1O. The van der Waals surface area contributed by atoms with Crippen LogP contribution in [0, 0.1) is 0 Å². The Kier molecular flexibility index (Phi) is 4.47. The summed E-state index contributed by atoms with van der Waals surface area (Å²) in [6, 6.07) is 12.7. The molecule has 9 heteroatoms. The van der Waals surface area contributed by atoms with Crippen molar-refractivity contribution in [3.8, 4) is 68.7 Å². The molecule has 0 saturated heterocycles. The summed E-state index contributed by atoms with van der Waals surface area (Å²) in [6.07, 6.45) is 0.